The number of rotatable bonds is 16. The van der Waals surface area contributed by atoms with Gasteiger partial charge in [0.05, 0.1) is 27.2 Å². The summed E-state index contributed by atoms with van der Waals surface area (Å²) in [6.07, 6.45) is 12.5. The average Bonchev–Trinajstić information content (AvgIpc) is 2.65. The molecule has 0 heterocycles. The minimum atomic E-state index is -4.41. The summed E-state index contributed by atoms with van der Waals surface area (Å²) in [4.78, 5) is 12.4. The summed E-state index contributed by atoms with van der Waals surface area (Å²) in [5.41, 5.74) is 5.70. The van der Waals surface area contributed by atoms with Gasteiger partial charge in [-0.2, -0.15) is 0 Å². The van der Waals surface area contributed by atoms with Gasteiger partial charge in [-0.25, -0.2) is 8.42 Å². The van der Waals surface area contributed by atoms with E-state index in [2.05, 4.69) is 32.0 Å². The van der Waals surface area contributed by atoms with Gasteiger partial charge in [0.15, 0.2) is 5.78 Å². The quantitative estimate of drug-likeness (QED) is 0.176. The number of nitrogens with two attached hydrogens (primary N) is 1. The van der Waals surface area contributed by atoms with Crippen molar-refractivity contribution in [2.24, 2.45) is 5.73 Å². The Labute approximate surface area is 173 Å². The van der Waals surface area contributed by atoms with E-state index in [9.17, 15) is 17.8 Å². The third-order valence-electron chi connectivity index (χ3n) is 5.49. The van der Waals surface area contributed by atoms with Gasteiger partial charge in [0.25, 0.3) is 0 Å². The van der Waals surface area contributed by atoms with E-state index in [1.807, 2.05) is 0 Å². The Morgan fingerprint density at radius 1 is 1.04 bits per heavy atom. The largest absolute Gasteiger partial charge is 0.726 e. The van der Waals surface area contributed by atoms with E-state index in [0.29, 0.717) is 12.3 Å². The highest BCUT2D eigenvalue weighted by atomic mass is 32.3. The molecule has 0 aliphatic heterocycles. The molecule has 0 aromatic rings. The predicted octanol–water partition coefficient (Wildman–Crippen LogP) is 3.38. The van der Waals surface area contributed by atoms with Gasteiger partial charge in [0.2, 0.25) is 10.4 Å². The molecule has 28 heavy (non-hydrogen) atoms. The molecule has 2 unspecified atom stereocenters. The average molecular weight is 425 g/mol. The lowest BCUT2D eigenvalue weighted by Crippen LogP contribution is -2.56. The Morgan fingerprint density at radius 3 is 1.82 bits per heavy atom. The zero-order valence-electron chi connectivity index (χ0n) is 18.7. The zero-order chi connectivity index (χ0) is 22.1. The number of nitrogens with zero attached hydrogens (tertiary/aromatic N) is 1. The molecule has 0 fully saturated rings. The third kappa shape index (κ3) is 16.4. The number of likely N-dealkylation sites (N-methyl/N-ethyl adjacent to an activating group) is 1. The molecule has 0 aliphatic rings. The maximum atomic E-state index is 12.4. The molecule has 0 aromatic heterocycles. The van der Waals surface area contributed by atoms with Crippen molar-refractivity contribution in [3.8, 4) is 0 Å². The lowest BCUT2D eigenvalue weighted by Gasteiger charge is -2.38. The van der Waals surface area contributed by atoms with Crippen LogP contribution in [-0.4, -0.2) is 63.1 Å². The van der Waals surface area contributed by atoms with Crippen LogP contribution in [0.2, 0.25) is 0 Å². The second-order valence-electron chi connectivity index (χ2n) is 7.60. The van der Waals surface area contributed by atoms with Crippen LogP contribution in [0.15, 0.2) is 0 Å². The van der Waals surface area contributed by atoms with Crippen LogP contribution in [-0.2, 0) is 19.4 Å². The van der Waals surface area contributed by atoms with E-state index in [4.69, 9.17) is 5.73 Å². The molecule has 0 saturated heterocycles. The Morgan fingerprint density at radius 2 is 1.46 bits per heavy atom. The fourth-order valence-electron chi connectivity index (χ4n) is 3.09. The van der Waals surface area contributed by atoms with Crippen LogP contribution in [0.25, 0.3) is 0 Å². The predicted molar refractivity (Wildman–Crippen MR) is 114 cm³/mol. The Balaban J connectivity index is 0. The molecule has 8 heteroatoms. The second-order valence-corrected chi connectivity index (χ2v) is 8.75. The van der Waals surface area contributed by atoms with Crippen molar-refractivity contribution >= 4 is 16.2 Å². The summed E-state index contributed by atoms with van der Waals surface area (Å²) in [7, 11) is -1.45. The monoisotopic (exact) mass is 424 g/mol. The molecular formula is C20H44N2O5S. The van der Waals surface area contributed by atoms with Crippen LogP contribution in [0.5, 0.6) is 0 Å². The van der Waals surface area contributed by atoms with Crippen molar-refractivity contribution in [3.63, 3.8) is 0 Å². The smallest absolute Gasteiger partial charge is 0.217 e. The van der Waals surface area contributed by atoms with Crippen LogP contribution < -0.4 is 5.73 Å². The van der Waals surface area contributed by atoms with Crippen LogP contribution >= 0.6 is 0 Å². The number of carbonyl (C=O) groups excluding carboxylic acids is 1. The van der Waals surface area contributed by atoms with Gasteiger partial charge in [-0.05, 0) is 20.3 Å². The van der Waals surface area contributed by atoms with E-state index in [1.165, 1.54) is 51.4 Å². The van der Waals surface area contributed by atoms with Crippen molar-refractivity contribution in [1.29, 1.82) is 0 Å². The number of ketones is 1. The minimum absolute atomic E-state index is 0.0857. The number of carbonyl (C=O) groups is 1. The number of hydrogen-bond donors (Lipinski definition) is 1. The summed E-state index contributed by atoms with van der Waals surface area (Å²) in [5, 5.41) is 0. The molecule has 0 amide bonds. The van der Waals surface area contributed by atoms with E-state index in [1.54, 1.807) is 0 Å². The zero-order valence-corrected chi connectivity index (χ0v) is 19.6. The van der Waals surface area contributed by atoms with Crippen LogP contribution in [0, 0.1) is 0 Å². The first-order valence-corrected chi connectivity index (χ1v) is 12.0. The lowest BCUT2D eigenvalue weighted by molar-refractivity contribution is -0.919. The fraction of sp³-hybridized carbons (Fsp3) is 0.950. The SMILES string of the molecule is CCCCCCCCCCCC(=O)C(C)[N+](C)(CC)CCN.COS(=O)(=O)[O-]. The number of quaternary nitrogens is 1. The highest BCUT2D eigenvalue weighted by Gasteiger charge is 2.31. The molecule has 0 aliphatic carbocycles. The maximum Gasteiger partial charge on any atom is 0.217 e. The summed E-state index contributed by atoms with van der Waals surface area (Å²) >= 11 is 0. The molecule has 7 nitrogen and oxygen atoms in total. The summed E-state index contributed by atoms with van der Waals surface area (Å²) in [6.45, 7) is 9.00. The van der Waals surface area contributed by atoms with Gasteiger partial charge in [0, 0.05) is 13.0 Å². The van der Waals surface area contributed by atoms with Gasteiger partial charge < -0.3 is 14.8 Å². The molecule has 2 N–H and O–H groups in total. The van der Waals surface area contributed by atoms with E-state index >= 15 is 0 Å². The second kappa shape index (κ2) is 17.3. The lowest BCUT2D eigenvalue weighted by atomic mass is 10.0. The molecule has 0 spiro atoms. The number of unbranched alkanes of at least 4 members (excludes halogenated alkanes) is 8. The summed E-state index contributed by atoms with van der Waals surface area (Å²) in [6, 6.07) is 0.0857. The first kappa shape index (κ1) is 29.7. The van der Waals surface area contributed by atoms with Gasteiger partial charge in [0.1, 0.15) is 6.04 Å². The summed E-state index contributed by atoms with van der Waals surface area (Å²) < 4.78 is 31.8. The minimum Gasteiger partial charge on any atom is -0.726 e. The maximum absolute atomic E-state index is 12.4. The summed E-state index contributed by atoms with van der Waals surface area (Å²) in [5.74, 6) is 0.417. The van der Waals surface area contributed by atoms with Gasteiger partial charge in [-0.1, -0.05) is 58.3 Å². The van der Waals surface area contributed by atoms with E-state index in [-0.39, 0.29) is 6.04 Å². The van der Waals surface area contributed by atoms with Crippen LogP contribution in [0.4, 0.5) is 0 Å². The molecule has 0 saturated carbocycles. The molecule has 0 radical (unpaired) electrons. The number of Topliss-reactive ketones (excluding diaryl/α,β-unsaturated/α-hetero) is 1. The molecule has 0 aromatic carbocycles. The normalized spacial score (nSPS) is 14.7. The third-order valence-corrected chi connectivity index (χ3v) is 5.90. The Kier molecular flexibility index (Phi) is 18.4. The molecule has 2 atom stereocenters. The highest BCUT2D eigenvalue weighted by molar-refractivity contribution is 7.80. The van der Waals surface area contributed by atoms with Gasteiger partial charge in [-0.15, -0.1) is 0 Å². The first-order valence-electron chi connectivity index (χ1n) is 10.7. The highest BCUT2D eigenvalue weighted by Crippen LogP contribution is 2.15. The first-order chi connectivity index (χ1) is 13.1. The molecule has 0 bridgehead atoms. The van der Waals surface area contributed by atoms with Gasteiger partial charge in [-0.3, -0.25) is 8.98 Å². The van der Waals surface area contributed by atoms with E-state index < -0.39 is 10.4 Å². The number of hydrogen-bond acceptors (Lipinski definition) is 6. The molecule has 170 valence electrons. The topological polar surface area (TPSA) is 110 Å². The van der Waals surface area contributed by atoms with Gasteiger partial charge >= 0.3 is 0 Å². The Hall–Kier alpha value is -0.540. The van der Waals surface area contributed by atoms with Crippen LogP contribution in [0.3, 0.4) is 0 Å². The van der Waals surface area contributed by atoms with Crippen molar-refractivity contribution in [3.05, 3.63) is 0 Å². The molecular weight excluding hydrogens is 380 g/mol. The molecule has 0 rings (SSSR count). The fourth-order valence-corrected chi connectivity index (χ4v) is 3.09. The van der Waals surface area contributed by atoms with Crippen molar-refractivity contribution in [2.45, 2.75) is 91.0 Å². The van der Waals surface area contributed by atoms with Crippen molar-refractivity contribution in [2.75, 3.05) is 33.8 Å². The van der Waals surface area contributed by atoms with Crippen molar-refractivity contribution < 1.29 is 26.4 Å². The van der Waals surface area contributed by atoms with E-state index in [0.717, 1.165) is 37.5 Å². The van der Waals surface area contributed by atoms with Crippen LogP contribution in [0.1, 0.15) is 85.0 Å². The Bertz CT molecular complexity index is 485. The standard InChI is InChI=1S/C19H41N2O.CH4O4S/c1-5-7-8-9-10-11-12-13-14-15-19(22)18(3)21(4,6-2)17-16-20;1-5-6(2,3)4/h18H,5-17,20H2,1-4H3;1H3,(H,2,3,4)/q+1;/p-1. The van der Waals surface area contributed by atoms with Crippen molar-refractivity contribution in [1.82, 2.24) is 0 Å².